The van der Waals surface area contributed by atoms with Crippen LogP contribution in [-0.4, -0.2) is 24.0 Å². The molecule has 22 heavy (non-hydrogen) atoms. The Morgan fingerprint density at radius 1 is 1.27 bits per heavy atom. The van der Waals surface area contributed by atoms with E-state index >= 15 is 0 Å². The summed E-state index contributed by atoms with van der Waals surface area (Å²) in [6.07, 6.45) is -5.53. The molecule has 0 amide bonds. The molecule has 0 spiro atoms. The second-order valence-corrected chi connectivity index (χ2v) is 5.83. The number of alkyl halides is 3. The van der Waals surface area contributed by atoms with E-state index in [4.69, 9.17) is 0 Å². The van der Waals surface area contributed by atoms with Gasteiger partial charge in [0.1, 0.15) is 11.9 Å². The summed E-state index contributed by atoms with van der Waals surface area (Å²) < 4.78 is 38.4. The lowest BCUT2D eigenvalue weighted by molar-refractivity contribution is -0.137. The Morgan fingerprint density at radius 2 is 2.09 bits per heavy atom. The fourth-order valence-electron chi connectivity index (χ4n) is 2.34. The van der Waals surface area contributed by atoms with E-state index in [0.29, 0.717) is 17.3 Å². The minimum Gasteiger partial charge on any atom is -0.383 e. The number of rotatable bonds is 3. The smallest absolute Gasteiger partial charge is 0.383 e. The molecule has 116 valence electrons. The lowest BCUT2D eigenvalue weighted by Gasteiger charge is -2.14. The van der Waals surface area contributed by atoms with Crippen molar-refractivity contribution >= 4 is 17.2 Å². The molecule has 1 aliphatic heterocycles. The SMILES string of the molecule is OC(c1cccc(C(F)(F)F)c1)c1sccc1C1=NCCN1. The first-order valence-electron chi connectivity index (χ1n) is 6.68. The van der Waals surface area contributed by atoms with Gasteiger partial charge >= 0.3 is 6.18 Å². The second-order valence-electron chi connectivity index (χ2n) is 4.88. The van der Waals surface area contributed by atoms with Crippen LogP contribution in [0.4, 0.5) is 13.2 Å². The van der Waals surface area contributed by atoms with Crippen LogP contribution in [0.3, 0.4) is 0 Å². The van der Waals surface area contributed by atoms with Crippen molar-refractivity contribution in [2.45, 2.75) is 12.3 Å². The van der Waals surface area contributed by atoms with Crippen molar-refractivity contribution in [1.29, 1.82) is 0 Å². The Labute approximate surface area is 129 Å². The van der Waals surface area contributed by atoms with Crippen LogP contribution in [0.25, 0.3) is 0 Å². The molecule has 1 unspecified atom stereocenters. The zero-order valence-corrected chi connectivity index (χ0v) is 12.2. The lowest BCUT2D eigenvalue weighted by atomic mass is 10.0. The molecular weight excluding hydrogens is 313 g/mol. The predicted octanol–water partition coefficient (Wildman–Crippen LogP) is 3.20. The van der Waals surface area contributed by atoms with Gasteiger partial charge in [0.15, 0.2) is 0 Å². The van der Waals surface area contributed by atoms with Crippen molar-refractivity contribution in [2.24, 2.45) is 4.99 Å². The number of nitrogens with one attached hydrogen (secondary N) is 1. The topological polar surface area (TPSA) is 44.6 Å². The van der Waals surface area contributed by atoms with E-state index in [0.717, 1.165) is 24.2 Å². The van der Waals surface area contributed by atoms with Gasteiger partial charge in [-0.1, -0.05) is 12.1 Å². The highest BCUT2D eigenvalue weighted by Gasteiger charge is 2.31. The third-order valence-electron chi connectivity index (χ3n) is 3.40. The van der Waals surface area contributed by atoms with Gasteiger partial charge in [-0.2, -0.15) is 13.2 Å². The molecule has 7 heteroatoms. The molecule has 2 N–H and O–H groups in total. The van der Waals surface area contributed by atoms with E-state index < -0.39 is 17.8 Å². The summed E-state index contributed by atoms with van der Waals surface area (Å²) in [4.78, 5) is 4.88. The number of aliphatic hydroxyl groups excluding tert-OH is 1. The average molecular weight is 326 g/mol. The number of thiophene rings is 1. The third kappa shape index (κ3) is 2.86. The summed E-state index contributed by atoms with van der Waals surface area (Å²) >= 11 is 1.30. The fourth-order valence-corrected chi connectivity index (χ4v) is 3.25. The van der Waals surface area contributed by atoms with Crippen molar-refractivity contribution in [3.8, 4) is 0 Å². The zero-order valence-electron chi connectivity index (χ0n) is 11.4. The maximum Gasteiger partial charge on any atom is 0.416 e. The molecule has 3 nitrogen and oxygen atoms in total. The Bertz CT molecular complexity index is 709. The number of hydrogen-bond donors (Lipinski definition) is 2. The summed E-state index contributed by atoms with van der Waals surface area (Å²) in [5, 5.41) is 15.4. The molecule has 0 aliphatic carbocycles. The molecule has 1 aliphatic rings. The molecule has 3 rings (SSSR count). The molecule has 2 heterocycles. The quantitative estimate of drug-likeness (QED) is 0.910. The minimum absolute atomic E-state index is 0.220. The summed E-state index contributed by atoms with van der Waals surface area (Å²) in [6.45, 7) is 1.38. The van der Waals surface area contributed by atoms with Gasteiger partial charge in [-0.25, -0.2) is 0 Å². The number of aliphatic hydroxyl groups is 1. The largest absolute Gasteiger partial charge is 0.416 e. The van der Waals surface area contributed by atoms with Crippen LogP contribution in [-0.2, 0) is 6.18 Å². The van der Waals surface area contributed by atoms with Crippen molar-refractivity contribution in [1.82, 2.24) is 5.32 Å². The monoisotopic (exact) mass is 326 g/mol. The Hall–Kier alpha value is -1.86. The first-order valence-corrected chi connectivity index (χ1v) is 7.56. The van der Waals surface area contributed by atoms with E-state index in [1.807, 2.05) is 6.07 Å². The molecular formula is C15H13F3N2OS. The van der Waals surface area contributed by atoms with Crippen molar-refractivity contribution < 1.29 is 18.3 Å². The van der Waals surface area contributed by atoms with Gasteiger partial charge in [-0.15, -0.1) is 11.3 Å². The van der Waals surface area contributed by atoms with Gasteiger partial charge in [0.25, 0.3) is 0 Å². The molecule has 1 aromatic carbocycles. The normalized spacial score (nSPS) is 16.3. The van der Waals surface area contributed by atoms with E-state index in [9.17, 15) is 18.3 Å². The number of aliphatic imine (C=N–C) groups is 1. The maximum atomic E-state index is 12.8. The molecule has 0 saturated heterocycles. The van der Waals surface area contributed by atoms with Crippen molar-refractivity contribution in [3.05, 3.63) is 57.3 Å². The Morgan fingerprint density at radius 3 is 2.77 bits per heavy atom. The van der Waals surface area contributed by atoms with Crippen LogP contribution in [0, 0.1) is 0 Å². The van der Waals surface area contributed by atoms with Gasteiger partial charge < -0.3 is 10.4 Å². The minimum atomic E-state index is -4.43. The summed E-state index contributed by atoms with van der Waals surface area (Å²) in [7, 11) is 0. The van der Waals surface area contributed by atoms with E-state index in [-0.39, 0.29) is 5.56 Å². The molecule has 0 fully saturated rings. The van der Waals surface area contributed by atoms with Gasteiger partial charge in [0, 0.05) is 17.0 Å². The molecule has 0 bridgehead atoms. The summed E-state index contributed by atoms with van der Waals surface area (Å²) in [5.74, 6) is 0.683. The molecule has 0 saturated carbocycles. The van der Waals surface area contributed by atoms with Crippen LogP contribution in [0.15, 0.2) is 40.7 Å². The van der Waals surface area contributed by atoms with Crippen molar-refractivity contribution in [2.75, 3.05) is 13.1 Å². The summed E-state index contributed by atoms with van der Waals surface area (Å²) in [6, 6.07) is 6.59. The van der Waals surface area contributed by atoms with Gasteiger partial charge in [-0.3, -0.25) is 4.99 Å². The van der Waals surface area contributed by atoms with Gasteiger partial charge in [-0.05, 0) is 29.1 Å². The Balaban J connectivity index is 1.95. The molecule has 2 aromatic rings. The maximum absolute atomic E-state index is 12.8. The second kappa shape index (κ2) is 5.73. The first kappa shape index (κ1) is 15.1. The highest BCUT2D eigenvalue weighted by atomic mass is 32.1. The van der Waals surface area contributed by atoms with E-state index in [2.05, 4.69) is 10.3 Å². The van der Waals surface area contributed by atoms with E-state index in [1.54, 1.807) is 5.38 Å². The van der Waals surface area contributed by atoms with E-state index in [1.165, 1.54) is 23.5 Å². The fraction of sp³-hybridized carbons (Fsp3) is 0.267. The van der Waals surface area contributed by atoms with Crippen LogP contribution >= 0.6 is 11.3 Å². The predicted molar refractivity (Wildman–Crippen MR) is 79.2 cm³/mol. The first-order chi connectivity index (χ1) is 10.5. The van der Waals surface area contributed by atoms with Crippen LogP contribution in [0.5, 0.6) is 0 Å². The highest BCUT2D eigenvalue weighted by Crippen LogP contribution is 2.34. The number of amidine groups is 1. The number of nitrogens with zero attached hydrogens (tertiary/aromatic N) is 1. The molecule has 1 atom stereocenters. The summed E-state index contributed by atoms with van der Waals surface area (Å²) in [5.41, 5.74) is 0.197. The number of benzene rings is 1. The van der Waals surface area contributed by atoms with Crippen molar-refractivity contribution in [3.63, 3.8) is 0 Å². The van der Waals surface area contributed by atoms with Crippen LogP contribution < -0.4 is 5.32 Å². The van der Waals surface area contributed by atoms with Gasteiger partial charge in [0.2, 0.25) is 0 Å². The molecule has 1 aromatic heterocycles. The lowest BCUT2D eigenvalue weighted by Crippen LogP contribution is -2.20. The number of halogens is 3. The van der Waals surface area contributed by atoms with Gasteiger partial charge in [0.05, 0.1) is 12.1 Å². The van der Waals surface area contributed by atoms with Crippen LogP contribution in [0.2, 0.25) is 0 Å². The average Bonchev–Trinajstić information content (AvgIpc) is 3.16. The highest BCUT2D eigenvalue weighted by molar-refractivity contribution is 7.10. The molecule has 0 radical (unpaired) electrons. The standard InChI is InChI=1S/C15H13F3N2OS/c16-15(17,18)10-3-1-2-9(8-10)12(21)13-11(4-7-22-13)14-19-5-6-20-14/h1-4,7-8,12,21H,5-6H2,(H,19,20). The third-order valence-corrected chi connectivity index (χ3v) is 4.37. The number of hydrogen-bond acceptors (Lipinski definition) is 4. The van der Waals surface area contributed by atoms with Crippen LogP contribution in [0.1, 0.15) is 27.7 Å². The zero-order chi connectivity index (χ0) is 15.7. The Kier molecular flexibility index (Phi) is 3.92.